The summed E-state index contributed by atoms with van der Waals surface area (Å²) in [6.07, 6.45) is 2.42. The molecule has 4 heteroatoms. The lowest BCUT2D eigenvalue weighted by Crippen LogP contribution is -2.36. The number of anilines is 1. The van der Waals surface area contributed by atoms with Crippen molar-refractivity contribution in [2.75, 3.05) is 4.90 Å². The topological polar surface area (TPSA) is 63.4 Å². The summed E-state index contributed by atoms with van der Waals surface area (Å²) in [5, 5.41) is 0. The number of amides is 2. The second kappa shape index (κ2) is 5.31. The Kier molecular flexibility index (Phi) is 3.77. The molecule has 1 heterocycles. The van der Waals surface area contributed by atoms with Crippen LogP contribution < -0.4 is 10.6 Å². The lowest BCUT2D eigenvalue weighted by atomic mass is 10.1. The Morgan fingerprint density at radius 1 is 1.11 bits per heavy atom. The van der Waals surface area contributed by atoms with Crippen molar-refractivity contribution in [1.29, 1.82) is 0 Å². The van der Waals surface area contributed by atoms with Gasteiger partial charge >= 0.3 is 0 Å². The fraction of sp³-hybridized carbons (Fsp3) is 0.429. The first-order valence-corrected chi connectivity index (χ1v) is 6.31. The predicted octanol–water partition coefficient (Wildman–Crippen LogP) is 2.14. The standard InChI is InChI=1S/C14H18N2O2/c1-10(15)11-6-2-3-7-12(11)16-13(17)8-4-5-9-14(16)18/h2-3,6-7,10H,4-5,8-9,15H2,1H3. The van der Waals surface area contributed by atoms with Gasteiger partial charge in [0.1, 0.15) is 0 Å². The summed E-state index contributed by atoms with van der Waals surface area (Å²) < 4.78 is 0. The summed E-state index contributed by atoms with van der Waals surface area (Å²) in [4.78, 5) is 25.4. The molecule has 2 N–H and O–H groups in total. The van der Waals surface area contributed by atoms with Gasteiger partial charge in [0, 0.05) is 18.9 Å². The van der Waals surface area contributed by atoms with Gasteiger partial charge in [-0.15, -0.1) is 0 Å². The van der Waals surface area contributed by atoms with Gasteiger partial charge in [-0.1, -0.05) is 18.2 Å². The molecule has 96 valence electrons. The number of carbonyl (C=O) groups excluding carboxylic acids is 2. The van der Waals surface area contributed by atoms with E-state index >= 15 is 0 Å². The molecule has 2 rings (SSSR count). The van der Waals surface area contributed by atoms with Gasteiger partial charge in [-0.25, -0.2) is 0 Å². The Bertz CT molecular complexity index is 451. The quantitative estimate of drug-likeness (QED) is 0.813. The van der Waals surface area contributed by atoms with Gasteiger partial charge in [-0.05, 0) is 31.4 Å². The van der Waals surface area contributed by atoms with E-state index in [0.29, 0.717) is 18.5 Å². The van der Waals surface area contributed by atoms with Crippen LogP contribution in [0, 0.1) is 0 Å². The van der Waals surface area contributed by atoms with Gasteiger partial charge in [0.05, 0.1) is 5.69 Å². The molecule has 0 saturated carbocycles. The second-order valence-corrected chi connectivity index (χ2v) is 4.68. The van der Waals surface area contributed by atoms with Crippen molar-refractivity contribution in [2.45, 2.75) is 38.6 Å². The number of hydrogen-bond acceptors (Lipinski definition) is 3. The zero-order chi connectivity index (χ0) is 13.1. The number of rotatable bonds is 2. The molecule has 0 radical (unpaired) electrons. The zero-order valence-electron chi connectivity index (χ0n) is 10.6. The number of hydrogen-bond donors (Lipinski definition) is 1. The molecule has 1 fully saturated rings. The molecule has 1 aliphatic rings. The van der Waals surface area contributed by atoms with E-state index in [2.05, 4.69) is 0 Å². The second-order valence-electron chi connectivity index (χ2n) is 4.68. The third-order valence-electron chi connectivity index (χ3n) is 3.20. The third-order valence-corrected chi connectivity index (χ3v) is 3.20. The molecule has 1 aliphatic heterocycles. The van der Waals surface area contributed by atoms with Crippen LogP contribution in [0.2, 0.25) is 0 Å². The van der Waals surface area contributed by atoms with E-state index in [1.54, 1.807) is 6.07 Å². The third kappa shape index (κ3) is 2.43. The Balaban J connectivity index is 2.45. The summed E-state index contributed by atoms with van der Waals surface area (Å²) in [6.45, 7) is 1.85. The molecule has 1 atom stereocenters. The van der Waals surface area contributed by atoms with Gasteiger partial charge in [-0.2, -0.15) is 0 Å². The fourth-order valence-electron chi connectivity index (χ4n) is 2.26. The van der Waals surface area contributed by atoms with Crippen molar-refractivity contribution in [1.82, 2.24) is 0 Å². The van der Waals surface area contributed by atoms with Crippen LogP contribution in [0.3, 0.4) is 0 Å². The molecule has 1 aromatic rings. The van der Waals surface area contributed by atoms with E-state index in [9.17, 15) is 9.59 Å². The van der Waals surface area contributed by atoms with Crippen LogP contribution in [0.4, 0.5) is 5.69 Å². The van der Waals surface area contributed by atoms with Crippen LogP contribution in [0.15, 0.2) is 24.3 Å². The first-order chi connectivity index (χ1) is 8.61. The van der Waals surface area contributed by atoms with Gasteiger partial charge < -0.3 is 5.73 Å². The highest BCUT2D eigenvalue weighted by molar-refractivity contribution is 6.15. The van der Waals surface area contributed by atoms with Crippen LogP contribution in [0.25, 0.3) is 0 Å². The lowest BCUT2D eigenvalue weighted by molar-refractivity contribution is -0.125. The molecule has 0 aromatic heterocycles. The lowest BCUT2D eigenvalue weighted by Gasteiger charge is -2.23. The summed E-state index contributed by atoms with van der Waals surface area (Å²) in [5.74, 6) is -0.240. The smallest absolute Gasteiger partial charge is 0.233 e. The Labute approximate surface area is 107 Å². The highest BCUT2D eigenvalue weighted by Crippen LogP contribution is 2.28. The van der Waals surface area contributed by atoms with Crippen molar-refractivity contribution >= 4 is 17.5 Å². The van der Waals surface area contributed by atoms with E-state index < -0.39 is 0 Å². The minimum Gasteiger partial charge on any atom is -0.324 e. The van der Waals surface area contributed by atoms with E-state index in [4.69, 9.17) is 5.73 Å². The molecule has 0 spiro atoms. The van der Waals surface area contributed by atoms with Crippen LogP contribution in [0.1, 0.15) is 44.2 Å². The predicted molar refractivity (Wildman–Crippen MR) is 70.0 cm³/mol. The zero-order valence-corrected chi connectivity index (χ0v) is 10.6. The van der Waals surface area contributed by atoms with E-state index in [1.165, 1.54) is 4.90 Å². The number of nitrogens with zero attached hydrogens (tertiary/aromatic N) is 1. The minimum absolute atomic E-state index is 0.120. The maximum absolute atomic E-state index is 12.1. The van der Waals surface area contributed by atoms with E-state index in [-0.39, 0.29) is 17.9 Å². The molecule has 0 aliphatic carbocycles. The van der Waals surface area contributed by atoms with Crippen molar-refractivity contribution in [3.63, 3.8) is 0 Å². The monoisotopic (exact) mass is 246 g/mol. The maximum atomic E-state index is 12.1. The van der Waals surface area contributed by atoms with Gasteiger partial charge in [-0.3, -0.25) is 14.5 Å². The van der Waals surface area contributed by atoms with E-state index in [1.807, 2.05) is 25.1 Å². The molecule has 1 aromatic carbocycles. The van der Waals surface area contributed by atoms with Crippen molar-refractivity contribution in [3.8, 4) is 0 Å². The van der Waals surface area contributed by atoms with Crippen LogP contribution in [-0.2, 0) is 9.59 Å². The van der Waals surface area contributed by atoms with Crippen LogP contribution in [-0.4, -0.2) is 11.8 Å². The molecule has 1 saturated heterocycles. The number of carbonyl (C=O) groups is 2. The largest absolute Gasteiger partial charge is 0.324 e. The average molecular weight is 246 g/mol. The molecular weight excluding hydrogens is 228 g/mol. The van der Waals surface area contributed by atoms with E-state index in [0.717, 1.165) is 18.4 Å². The molecule has 18 heavy (non-hydrogen) atoms. The number of para-hydroxylation sites is 1. The van der Waals surface area contributed by atoms with Crippen molar-refractivity contribution in [3.05, 3.63) is 29.8 Å². The SMILES string of the molecule is CC(N)c1ccccc1N1C(=O)CCCCC1=O. The highest BCUT2D eigenvalue weighted by Gasteiger charge is 2.27. The number of benzene rings is 1. The maximum Gasteiger partial charge on any atom is 0.233 e. The first kappa shape index (κ1) is 12.8. The van der Waals surface area contributed by atoms with Crippen LogP contribution in [0.5, 0.6) is 0 Å². The minimum atomic E-state index is -0.204. The van der Waals surface area contributed by atoms with Gasteiger partial charge in [0.25, 0.3) is 0 Å². The molecule has 2 amide bonds. The highest BCUT2D eigenvalue weighted by atomic mass is 16.2. The Hall–Kier alpha value is -1.68. The molecular formula is C14H18N2O2. The summed E-state index contributed by atoms with van der Waals surface area (Å²) in [6, 6.07) is 7.15. The normalized spacial score (nSPS) is 18.7. The fourth-order valence-corrected chi connectivity index (χ4v) is 2.26. The summed E-state index contributed by atoms with van der Waals surface area (Å²) in [7, 11) is 0. The average Bonchev–Trinajstić information content (AvgIpc) is 2.50. The molecule has 4 nitrogen and oxygen atoms in total. The number of nitrogens with two attached hydrogens (primary N) is 1. The Morgan fingerprint density at radius 3 is 2.22 bits per heavy atom. The van der Waals surface area contributed by atoms with Crippen molar-refractivity contribution in [2.24, 2.45) is 5.73 Å². The van der Waals surface area contributed by atoms with Crippen LogP contribution >= 0.6 is 0 Å². The van der Waals surface area contributed by atoms with Crippen molar-refractivity contribution < 1.29 is 9.59 Å². The summed E-state index contributed by atoms with van der Waals surface area (Å²) >= 11 is 0. The number of imide groups is 1. The van der Waals surface area contributed by atoms with Gasteiger partial charge in [0.2, 0.25) is 11.8 Å². The first-order valence-electron chi connectivity index (χ1n) is 6.31. The molecule has 1 unspecified atom stereocenters. The summed E-state index contributed by atoms with van der Waals surface area (Å²) in [5.41, 5.74) is 7.38. The van der Waals surface area contributed by atoms with Gasteiger partial charge in [0.15, 0.2) is 0 Å². The molecule has 0 bridgehead atoms. The Morgan fingerprint density at radius 2 is 1.67 bits per heavy atom.